The molecule has 25 heavy (non-hydrogen) atoms. The Labute approximate surface area is 150 Å². The van der Waals surface area contributed by atoms with Gasteiger partial charge in [-0.25, -0.2) is 4.79 Å². The molecule has 3 saturated heterocycles. The van der Waals surface area contributed by atoms with Crippen LogP contribution in [0, 0.1) is 11.8 Å². The molecule has 9 heteroatoms. The summed E-state index contributed by atoms with van der Waals surface area (Å²) in [6.45, 7) is 1.69. The van der Waals surface area contributed by atoms with Gasteiger partial charge in [-0.3, -0.25) is 0 Å². The number of amides is 2. The molecule has 0 aromatic rings. The van der Waals surface area contributed by atoms with Gasteiger partial charge in [0.05, 0.1) is 0 Å². The molecule has 144 valence electrons. The average molecular weight is 375 g/mol. The first kappa shape index (κ1) is 18.9. The van der Waals surface area contributed by atoms with Crippen molar-refractivity contribution < 1.29 is 18.3 Å². The largest absolute Gasteiger partial charge is 0.396 e. The number of hydrogen-bond acceptors (Lipinski definition) is 4. The fourth-order valence-corrected chi connectivity index (χ4v) is 5.71. The van der Waals surface area contributed by atoms with Crippen LogP contribution in [-0.4, -0.2) is 85.5 Å². The van der Waals surface area contributed by atoms with E-state index in [1.807, 2.05) is 4.90 Å². The molecule has 3 heterocycles. The van der Waals surface area contributed by atoms with Crippen LogP contribution in [-0.2, 0) is 10.2 Å². The van der Waals surface area contributed by atoms with Gasteiger partial charge in [0.15, 0.2) is 0 Å². The van der Waals surface area contributed by atoms with E-state index in [9.17, 15) is 18.3 Å². The molecule has 4 aliphatic rings. The lowest BCUT2D eigenvalue weighted by Crippen LogP contribution is -2.61. The molecule has 1 saturated carbocycles. The Balaban J connectivity index is 1.61. The lowest BCUT2D eigenvalue weighted by atomic mass is 9.73. The Hall–Kier alpha value is -0.900. The van der Waals surface area contributed by atoms with Crippen molar-refractivity contribution in [2.75, 3.05) is 40.3 Å². The number of fused-ring (bicyclic) bond motifs is 3. The van der Waals surface area contributed by atoms with Crippen molar-refractivity contribution in [3.63, 3.8) is 0 Å². The normalized spacial score (nSPS) is 33.7. The highest BCUT2D eigenvalue weighted by Gasteiger charge is 2.43. The van der Waals surface area contributed by atoms with Crippen LogP contribution in [0.1, 0.15) is 32.1 Å². The van der Waals surface area contributed by atoms with Gasteiger partial charge in [0.2, 0.25) is 0 Å². The van der Waals surface area contributed by atoms with E-state index in [4.69, 9.17) is 0 Å². The minimum absolute atomic E-state index is 0.109. The lowest BCUT2D eigenvalue weighted by Gasteiger charge is -2.49. The van der Waals surface area contributed by atoms with Gasteiger partial charge in [0.1, 0.15) is 0 Å². The van der Waals surface area contributed by atoms with E-state index in [1.54, 1.807) is 0 Å². The molecule has 0 aromatic carbocycles. The van der Waals surface area contributed by atoms with Crippen molar-refractivity contribution in [2.24, 2.45) is 11.8 Å². The Morgan fingerprint density at radius 3 is 2.64 bits per heavy atom. The molecule has 3 unspecified atom stereocenters. The summed E-state index contributed by atoms with van der Waals surface area (Å²) in [5.74, 6) is 0.653. The Kier molecular flexibility index (Phi) is 5.57. The maximum atomic E-state index is 12.8. The summed E-state index contributed by atoms with van der Waals surface area (Å²) in [5.41, 5.74) is 0. The van der Waals surface area contributed by atoms with Gasteiger partial charge in [-0.05, 0) is 38.0 Å². The lowest BCUT2D eigenvalue weighted by molar-refractivity contribution is 0.00287. The summed E-state index contributed by atoms with van der Waals surface area (Å²) >= 11 is 0. The number of aliphatic hydroxyl groups is 1. The predicted octanol–water partition coefficient (Wildman–Crippen LogP) is 0.0596. The van der Waals surface area contributed by atoms with E-state index in [0.29, 0.717) is 19.0 Å². The molecule has 0 aromatic heterocycles. The second-order valence-electron chi connectivity index (χ2n) is 7.78. The maximum Gasteiger partial charge on any atom is 0.317 e. The fraction of sp³-hybridized carbons (Fsp3) is 0.938. The van der Waals surface area contributed by atoms with Gasteiger partial charge in [-0.1, -0.05) is 0 Å². The van der Waals surface area contributed by atoms with E-state index in [1.165, 1.54) is 22.7 Å². The number of hydrogen-bond donors (Lipinski definition) is 2. The topological polar surface area (TPSA) is 93.2 Å². The minimum Gasteiger partial charge on any atom is -0.396 e. The van der Waals surface area contributed by atoms with Crippen molar-refractivity contribution in [3.8, 4) is 0 Å². The quantitative estimate of drug-likeness (QED) is 0.728. The van der Waals surface area contributed by atoms with Crippen LogP contribution >= 0.6 is 0 Å². The number of carbonyl (C=O) groups is 1. The molecular weight excluding hydrogens is 344 g/mol. The first-order valence-electron chi connectivity index (χ1n) is 9.18. The number of aliphatic hydroxyl groups excluding tert-OH is 1. The zero-order chi connectivity index (χ0) is 18.2. The number of urea groups is 1. The van der Waals surface area contributed by atoms with Crippen LogP contribution in [0.2, 0.25) is 0 Å². The van der Waals surface area contributed by atoms with Crippen LogP contribution in [0.25, 0.3) is 0 Å². The average Bonchev–Trinajstić information content (AvgIpc) is 2.61. The van der Waals surface area contributed by atoms with Gasteiger partial charge in [0.25, 0.3) is 10.2 Å². The standard InChI is InChI=1S/C16H30N4O4S/c1-18(2)25(23,24)19-7-3-4-14(10-19)17-16(22)20-9-12-5-6-15(20)13(8-12)11-21/h12-15,21H,3-11H2,1-2H3,(H,17,22)/t12?,13?,14-,15?/m1/s1. The van der Waals surface area contributed by atoms with Crippen LogP contribution in [0.5, 0.6) is 0 Å². The summed E-state index contributed by atoms with van der Waals surface area (Å²) < 4.78 is 27.3. The fourth-order valence-electron chi connectivity index (χ4n) is 4.52. The van der Waals surface area contributed by atoms with Crippen molar-refractivity contribution in [3.05, 3.63) is 0 Å². The summed E-state index contributed by atoms with van der Waals surface area (Å²) in [6.07, 6.45) is 4.61. The molecule has 2 bridgehead atoms. The monoisotopic (exact) mass is 374 g/mol. The number of nitrogens with one attached hydrogen (secondary N) is 1. The van der Waals surface area contributed by atoms with Crippen molar-refractivity contribution in [2.45, 2.75) is 44.2 Å². The van der Waals surface area contributed by atoms with Crippen LogP contribution in [0.15, 0.2) is 0 Å². The van der Waals surface area contributed by atoms with E-state index in [2.05, 4.69) is 5.32 Å². The second kappa shape index (κ2) is 7.38. The zero-order valence-corrected chi connectivity index (χ0v) is 15.9. The molecule has 4 atom stereocenters. The predicted molar refractivity (Wildman–Crippen MR) is 94.1 cm³/mol. The van der Waals surface area contributed by atoms with Crippen molar-refractivity contribution in [1.29, 1.82) is 0 Å². The molecular formula is C16H30N4O4S. The molecule has 1 aliphatic carbocycles. The third kappa shape index (κ3) is 3.79. The first-order valence-corrected chi connectivity index (χ1v) is 10.6. The highest BCUT2D eigenvalue weighted by atomic mass is 32.2. The van der Waals surface area contributed by atoms with Gasteiger partial charge in [0, 0.05) is 58.3 Å². The number of piperidine rings is 3. The van der Waals surface area contributed by atoms with Gasteiger partial charge >= 0.3 is 6.03 Å². The van der Waals surface area contributed by atoms with Gasteiger partial charge in [-0.2, -0.15) is 17.0 Å². The highest BCUT2D eigenvalue weighted by molar-refractivity contribution is 7.86. The van der Waals surface area contributed by atoms with Crippen LogP contribution < -0.4 is 5.32 Å². The van der Waals surface area contributed by atoms with E-state index < -0.39 is 10.2 Å². The zero-order valence-electron chi connectivity index (χ0n) is 15.1. The Morgan fingerprint density at radius 2 is 2.00 bits per heavy atom. The van der Waals surface area contributed by atoms with Gasteiger partial charge < -0.3 is 15.3 Å². The molecule has 0 spiro atoms. The van der Waals surface area contributed by atoms with E-state index in [0.717, 1.165) is 38.6 Å². The van der Waals surface area contributed by atoms with Crippen molar-refractivity contribution in [1.82, 2.24) is 18.8 Å². The highest BCUT2D eigenvalue weighted by Crippen LogP contribution is 2.38. The molecule has 3 aliphatic heterocycles. The Bertz CT molecular complexity index is 597. The first-order chi connectivity index (χ1) is 11.8. The second-order valence-corrected chi connectivity index (χ2v) is 9.92. The summed E-state index contributed by atoms with van der Waals surface area (Å²) in [4.78, 5) is 14.6. The molecule has 8 nitrogen and oxygen atoms in total. The molecule has 4 rings (SSSR count). The maximum absolute atomic E-state index is 12.8. The summed E-state index contributed by atoms with van der Waals surface area (Å²) in [7, 11) is -0.396. The third-order valence-electron chi connectivity index (χ3n) is 5.90. The van der Waals surface area contributed by atoms with Crippen LogP contribution in [0.4, 0.5) is 4.79 Å². The molecule has 2 N–H and O–H groups in total. The van der Waals surface area contributed by atoms with E-state index >= 15 is 0 Å². The summed E-state index contributed by atoms with van der Waals surface area (Å²) in [6, 6.07) is -0.161. The van der Waals surface area contributed by atoms with Crippen LogP contribution in [0.3, 0.4) is 0 Å². The Morgan fingerprint density at radius 1 is 1.24 bits per heavy atom. The van der Waals surface area contributed by atoms with Crippen molar-refractivity contribution >= 4 is 16.2 Å². The molecule has 4 fully saturated rings. The number of carbonyl (C=O) groups excluding carboxylic acids is 1. The smallest absolute Gasteiger partial charge is 0.317 e. The minimum atomic E-state index is -3.45. The van der Waals surface area contributed by atoms with Gasteiger partial charge in [-0.15, -0.1) is 0 Å². The number of rotatable bonds is 4. The summed E-state index contributed by atoms with van der Waals surface area (Å²) in [5, 5.41) is 12.6. The third-order valence-corrected chi connectivity index (χ3v) is 7.81. The SMILES string of the molecule is CN(C)S(=O)(=O)N1CCC[C@@H](NC(=O)N2CC3CCC2C(CO)C3)C1. The molecule has 2 amide bonds. The molecule has 0 radical (unpaired) electrons. The van der Waals surface area contributed by atoms with E-state index in [-0.39, 0.29) is 30.6 Å². The number of nitrogens with zero attached hydrogens (tertiary/aromatic N) is 3.